The van der Waals surface area contributed by atoms with Gasteiger partial charge in [0.15, 0.2) is 5.96 Å². The van der Waals surface area contributed by atoms with E-state index in [0.29, 0.717) is 25.7 Å². The maximum Gasteiger partial charge on any atom is 0.188 e. The predicted molar refractivity (Wildman–Crippen MR) is 77.6 cm³/mol. The number of rotatable bonds is 7. The minimum Gasteiger partial charge on any atom is -0.492 e. The number of nitrogens with zero attached hydrogens (tertiary/aromatic N) is 1. The monoisotopic (exact) mass is 265 g/mol. The molecule has 0 heterocycles. The molecule has 1 aromatic carbocycles. The van der Waals surface area contributed by atoms with Gasteiger partial charge in [0.05, 0.1) is 13.2 Å². The smallest absolute Gasteiger partial charge is 0.188 e. The van der Waals surface area contributed by atoms with Gasteiger partial charge in [-0.1, -0.05) is 17.7 Å². The third kappa shape index (κ3) is 6.67. The van der Waals surface area contributed by atoms with E-state index in [1.807, 2.05) is 38.1 Å². The fourth-order valence-corrected chi connectivity index (χ4v) is 1.55. The zero-order valence-electron chi connectivity index (χ0n) is 11.8. The van der Waals surface area contributed by atoms with Gasteiger partial charge in [-0.05, 0) is 26.0 Å². The molecule has 1 aromatic rings. The summed E-state index contributed by atoms with van der Waals surface area (Å²) in [5.41, 5.74) is 6.95. The maximum atomic E-state index is 5.73. The van der Waals surface area contributed by atoms with E-state index in [1.54, 1.807) is 7.11 Å². The van der Waals surface area contributed by atoms with Gasteiger partial charge < -0.3 is 20.5 Å². The van der Waals surface area contributed by atoms with Crippen LogP contribution in [-0.4, -0.2) is 38.9 Å². The number of hydrogen-bond acceptors (Lipinski definition) is 3. The number of hydrogen-bond donors (Lipinski definition) is 2. The molecule has 0 aliphatic rings. The van der Waals surface area contributed by atoms with Crippen LogP contribution in [0.1, 0.15) is 12.5 Å². The summed E-state index contributed by atoms with van der Waals surface area (Å²) in [5.74, 6) is 1.26. The third-order valence-electron chi connectivity index (χ3n) is 2.47. The van der Waals surface area contributed by atoms with E-state index in [4.69, 9.17) is 15.2 Å². The van der Waals surface area contributed by atoms with Crippen molar-refractivity contribution in [3.63, 3.8) is 0 Å². The van der Waals surface area contributed by atoms with Crippen molar-refractivity contribution in [1.29, 1.82) is 0 Å². The second kappa shape index (κ2) is 8.37. The van der Waals surface area contributed by atoms with Crippen molar-refractivity contribution in [2.24, 2.45) is 10.7 Å². The van der Waals surface area contributed by atoms with Gasteiger partial charge in [-0.25, -0.2) is 4.99 Å². The quantitative estimate of drug-likeness (QED) is 0.443. The van der Waals surface area contributed by atoms with E-state index in [2.05, 4.69) is 10.3 Å². The molecule has 5 heteroatoms. The molecule has 0 bridgehead atoms. The Balaban J connectivity index is 2.23. The normalized spacial score (nSPS) is 13.1. The van der Waals surface area contributed by atoms with Gasteiger partial charge >= 0.3 is 0 Å². The summed E-state index contributed by atoms with van der Waals surface area (Å²) in [7, 11) is 1.65. The molecule has 106 valence electrons. The number of guanidine groups is 1. The standard InChI is InChI=1S/C14H23N3O2/c1-11-4-6-13(7-5-11)19-9-8-16-14(15)17-12(2)10-18-3/h4-7,12H,8-10H2,1-3H3,(H3,15,16,17). The molecule has 0 aromatic heterocycles. The van der Waals surface area contributed by atoms with E-state index in [1.165, 1.54) is 5.56 Å². The molecule has 0 saturated carbocycles. The molecule has 0 radical (unpaired) electrons. The van der Waals surface area contributed by atoms with Gasteiger partial charge in [-0.2, -0.15) is 0 Å². The maximum absolute atomic E-state index is 5.73. The average Bonchev–Trinajstić information content (AvgIpc) is 2.37. The zero-order valence-corrected chi connectivity index (χ0v) is 11.8. The van der Waals surface area contributed by atoms with Crippen LogP contribution in [0.15, 0.2) is 29.3 Å². The summed E-state index contributed by atoms with van der Waals surface area (Å²) in [6.45, 7) is 5.64. The molecular weight excluding hydrogens is 242 g/mol. The lowest BCUT2D eigenvalue weighted by atomic mass is 10.2. The first kappa shape index (κ1) is 15.3. The Kier molecular flexibility index (Phi) is 6.74. The van der Waals surface area contributed by atoms with E-state index in [0.717, 1.165) is 5.75 Å². The minimum absolute atomic E-state index is 0.145. The van der Waals surface area contributed by atoms with Crippen LogP contribution in [0.25, 0.3) is 0 Å². The highest BCUT2D eigenvalue weighted by Gasteiger charge is 2.01. The lowest BCUT2D eigenvalue weighted by Crippen LogP contribution is -2.40. The Morgan fingerprint density at radius 1 is 1.37 bits per heavy atom. The average molecular weight is 265 g/mol. The van der Waals surface area contributed by atoms with E-state index >= 15 is 0 Å². The molecule has 1 rings (SSSR count). The molecular formula is C14H23N3O2. The predicted octanol–water partition coefficient (Wildman–Crippen LogP) is 1.31. The van der Waals surface area contributed by atoms with Crippen molar-refractivity contribution in [2.45, 2.75) is 19.9 Å². The number of benzene rings is 1. The lowest BCUT2D eigenvalue weighted by molar-refractivity contribution is 0.179. The van der Waals surface area contributed by atoms with Crippen LogP contribution < -0.4 is 15.8 Å². The Morgan fingerprint density at radius 2 is 2.05 bits per heavy atom. The Hall–Kier alpha value is -1.75. The molecule has 0 amide bonds. The van der Waals surface area contributed by atoms with Gasteiger partial charge in [-0.3, -0.25) is 0 Å². The van der Waals surface area contributed by atoms with Crippen molar-refractivity contribution in [2.75, 3.05) is 26.9 Å². The van der Waals surface area contributed by atoms with Crippen molar-refractivity contribution < 1.29 is 9.47 Å². The van der Waals surface area contributed by atoms with Crippen molar-refractivity contribution >= 4 is 5.96 Å². The second-order valence-corrected chi connectivity index (χ2v) is 4.43. The topological polar surface area (TPSA) is 68.9 Å². The van der Waals surface area contributed by atoms with Gasteiger partial charge in [0.2, 0.25) is 0 Å². The van der Waals surface area contributed by atoms with Gasteiger partial charge in [0.1, 0.15) is 12.4 Å². The van der Waals surface area contributed by atoms with E-state index in [9.17, 15) is 0 Å². The van der Waals surface area contributed by atoms with E-state index < -0.39 is 0 Å². The van der Waals surface area contributed by atoms with Crippen molar-refractivity contribution in [3.8, 4) is 5.75 Å². The number of nitrogens with one attached hydrogen (secondary N) is 1. The first-order chi connectivity index (χ1) is 9.11. The summed E-state index contributed by atoms with van der Waals surface area (Å²) in [5, 5.41) is 3.03. The number of nitrogens with two attached hydrogens (primary N) is 1. The van der Waals surface area contributed by atoms with Crippen LogP contribution >= 0.6 is 0 Å². The Morgan fingerprint density at radius 3 is 2.68 bits per heavy atom. The summed E-state index contributed by atoms with van der Waals surface area (Å²) < 4.78 is 10.5. The number of methoxy groups -OCH3 is 1. The largest absolute Gasteiger partial charge is 0.492 e. The molecule has 0 spiro atoms. The highest BCUT2D eigenvalue weighted by molar-refractivity contribution is 5.78. The van der Waals surface area contributed by atoms with Gasteiger partial charge in [0.25, 0.3) is 0 Å². The summed E-state index contributed by atoms with van der Waals surface area (Å²) >= 11 is 0. The number of aliphatic imine (C=N–C) groups is 1. The number of aryl methyl sites for hydroxylation is 1. The molecule has 0 aliphatic carbocycles. The van der Waals surface area contributed by atoms with Crippen molar-refractivity contribution in [1.82, 2.24) is 5.32 Å². The number of ether oxygens (including phenoxy) is 2. The van der Waals surface area contributed by atoms with Gasteiger partial charge in [-0.15, -0.1) is 0 Å². The Bertz CT molecular complexity index is 390. The molecule has 1 atom stereocenters. The molecule has 3 N–H and O–H groups in total. The fraction of sp³-hybridized carbons (Fsp3) is 0.500. The van der Waals surface area contributed by atoms with Crippen LogP contribution in [0.5, 0.6) is 5.75 Å². The molecule has 0 aliphatic heterocycles. The SMILES string of the molecule is COCC(C)NC(N)=NCCOc1ccc(C)cc1. The van der Waals surface area contributed by atoms with Crippen LogP contribution in [0, 0.1) is 6.92 Å². The molecule has 0 saturated heterocycles. The molecule has 19 heavy (non-hydrogen) atoms. The zero-order chi connectivity index (χ0) is 14.1. The molecule has 1 unspecified atom stereocenters. The lowest BCUT2D eigenvalue weighted by Gasteiger charge is -2.13. The summed E-state index contributed by atoms with van der Waals surface area (Å²) in [6, 6.07) is 8.07. The first-order valence-electron chi connectivity index (χ1n) is 6.36. The first-order valence-corrected chi connectivity index (χ1v) is 6.36. The highest BCUT2D eigenvalue weighted by atomic mass is 16.5. The highest BCUT2D eigenvalue weighted by Crippen LogP contribution is 2.10. The Labute approximate surface area is 114 Å². The second-order valence-electron chi connectivity index (χ2n) is 4.43. The van der Waals surface area contributed by atoms with Crippen LogP contribution in [0.2, 0.25) is 0 Å². The summed E-state index contributed by atoms with van der Waals surface area (Å²) in [4.78, 5) is 4.18. The third-order valence-corrected chi connectivity index (χ3v) is 2.47. The minimum atomic E-state index is 0.145. The van der Waals surface area contributed by atoms with Crippen LogP contribution in [0.4, 0.5) is 0 Å². The fourth-order valence-electron chi connectivity index (χ4n) is 1.55. The van der Waals surface area contributed by atoms with Crippen LogP contribution in [-0.2, 0) is 4.74 Å². The van der Waals surface area contributed by atoms with E-state index in [-0.39, 0.29) is 6.04 Å². The summed E-state index contributed by atoms with van der Waals surface area (Å²) in [6.07, 6.45) is 0. The van der Waals surface area contributed by atoms with Crippen molar-refractivity contribution in [3.05, 3.63) is 29.8 Å². The molecule has 0 fully saturated rings. The van der Waals surface area contributed by atoms with Gasteiger partial charge in [0, 0.05) is 13.2 Å². The molecule has 5 nitrogen and oxygen atoms in total. The van der Waals surface area contributed by atoms with Crippen LogP contribution in [0.3, 0.4) is 0 Å².